The maximum atomic E-state index is 12.8. The highest BCUT2D eigenvalue weighted by Gasteiger charge is 2.15. The summed E-state index contributed by atoms with van der Waals surface area (Å²) < 4.78 is 11.5. The Morgan fingerprint density at radius 3 is 1.27 bits per heavy atom. The minimum atomic E-state index is -0.697. The first-order valence-electron chi connectivity index (χ1n) is 24.6. The number of nitrogens with zero attached hydrogens (tertiary/aromatic N) is 1. The van der Waals surface area contributed by atoms with E-state index in [4.69, 9.17) is 9.47 Å². The van der Waals surface area contributed by atoms with Crippen molar-refractivity contribution < 1.29 is 29.0 Å². The number of carbonyl (C=O) groups excluding carboxylic acids is 2. The van der Waals surface area contributed by atoms with E-state index < -0.39 is 5.97 Å². The molecule has 332 valence electrons. The average Bonchev–Trinajstić information content (AvgIpc) is 3.18. The quantitative estimate of drug-likeness (QED) is 0.0485. The number of unbranched alkanes of at least 4 members (excludes halogenated alkanes) is 25. The van der Waals surface area contributed by atoms with Crippen molar-refractivity contribution in [2.45, 2.75) is 265 Å². The highest BCUT2D eigenvalue weighted by atomic mass is 16.5. The van der Waals surface area contributed by atoms with E-state index in [1.54, 1.807) is 6.92 Å². The van der Waals surface area contributed by atoms with Gasteiger partial charge in [-0.3, -0.25) is 14.4 Å². The Bertz CT molecular complexity index is 850. The van der Waals surface area contributed by atoms with Crippen LogP contribution in [0.1, 0.15) is 259 Å². The summed E-state index contributed by atoms with van der Waals surface area (Å²) in [4.78, 5) is 38.7. The molecule has 7 heteroatoms. The number of hydrogen-bond donors (Lipinski definition) is 1. The lowest BCUT2D eigenvalue weighted by molar-refractivity contribution is -0.150. The molecular weight excluding hydrogens is 699 g/mol. The molecule has 1 atom stereocenters. The van der Waals surface area contributed by atoms with E-state index in [0.717, 1.165) is 116 Å². The van der Waals surface area contributed by atoms with Crippen LogP contribution in [0.5, 0.6) is 0 Å². The lowest BCUT2D eigenvalue weighted by atomic mass is 10.0. The summed E-state index contributed by atoms with van der Waals surface area (Å²) in [5, 5.41) is 9.25. The van der Waals surface area contributed by atoms with Gasteiger partial charge in [-0.05, 0) is 90.3 Å². The predicted molar refractivity (Wildman–Crippen MR) is 237 cm³/mol. The van der Waals surface area contributed by atoms with Crippen molar-refractivity contribution >= 4 is 17.9 Å². The first kappa shape index (κ1) is 54.4. The Balaban J connectivity index is 4.35. The van der Waals surface area contributed by atoms with Gasteiger partial charge < -0.3 is 19.5 Å². The van der Waals surface area contributed by atoms with Gasteiger partial charge in [-0.2, -0.15) is 0 Å². The molecule has 0 aromatic rings. The third-order valence-corrected chi connectivity index (χ3v) is 11.6. The van der Waals surface area contributed by atoms with Crippen LogP contribution in [0.2, 0.25) is 0 Å². The number of hydrogen-bond acceptors (Lipinski definition) is 6. The summed E-state index contributed by atoms with van der Waals surface area (Å²) in [6.07, 6.45) is 40.9. The summed E-state index contributed by atoms with van der Waals surface area (Å²) in [5.41, 5.74) is 0. The zero-order valence-corrected chi connectivity index (χ0v) is 37.9. The van der Waals surface area contributed by atoms with Crippen molar-refractivity contribution in [3.63, 3.8) is 0 Å². The third kappa shape index (κ3) is 39.2. The van der Waals surface area contributed by atoms with E-state index in [1.165, 1.54) is 122 Å². The van der Waals surface area contributed by atoms with Gasteiger partial charge in [0.25, 0.3) is 0 Å². The van der Waals surface area contributed by atoms with Gasteiger partial charge in [0.15, 0.2) is 0 Å². The van der Waals surface area contributed by atoms with Crippen molar-refractivity contribution in [2.75, 3.05) is 26.2 Å². The number of carboxylic acid groups (broad SMARTS) is 1. The van der Waals surface area contributed by atoms with E-state index >= 15 is 0 Å². The number of carbonyl (C=O) groups is 3. The Morgan fingerprint density at radius 1 is 0.446 bits per heavy atom. The molecule has 0 aromatic heterocycles. The molecule has 0 heterocycles. The molecule has 0 aromatic carbocycles. The molecule has 0 bridgehead atoms. The van der Waals surface area contributed by atoms with Crippen LogP contribution >= 0.6 is 0 Å². The zero-order valence-electron chi connectivity index (χ0n) is 37.9. The molecule has 0 spiro atoms. The number of aliphatic carboxylic acids is 1. The van der Waals surface area contributed by atoms with Gasteiger partial charge in [0.1, 0.15) is 6.10 Å². The van der Waals surface area contributed by atoms with E-state index in [2.05, 4.69) is 25.7 Å². The molecule has 0 aliphatic heterocycles. The minimum absolute atomic E-state index is 0.00842. The monoisotopic (exact) mass is 794 g/mol. The molecule has 0 aliphatic rings. The van der Waals surface area contributed by atoms with Crippen molar-refractivity contribution in [2.24, 2.45) is 5.92 Å². The van der Waals surface area contributed by atoms with Crippen molar-refractivity contribution in [3.05, 3.63) is 0 Å². The van der Waals surface area contributed by atoms with Crippen LogP contribution in [0.25, 0.3) is 0 Å². The molecule has 0 fully saturated rings. The van der Waals surface area contributed by atoms with E-state index in [1.807, 2.05) is 0 Å². The number of carboxylic acids is 1. The fourth-order valence-electron chi connectivity index (χ4n) is 7.64. The van der Waals surface area contributed by atoms with Crippen LogP contribution in [0.15, 0.2) is 0 Å². The van der Waals surface area contributed by atoms with Crippen LogP contribution < -0.4 is 0 Å². The van der Waals surface area contributed by atoms with Gasteiger partial charge in [0, 0.05) is 12.8 Å². The molecule has 7 nitrogen and oxygen atoms in total. The Morgan fingerprint density at radius 2 is 0.804 bits per heavy atom. The number of rotatable bonds is 45. The smallest absolute Gasteiger partial charge is 0.306 e. The molecule has 0 saturated carbocycles. The summed E-state index contributed by atoms with van der Waals surface area (Å²) >= 11 is 0. The molecule has 0 saturated heterocycles. The fraction of sp³-hybridized carbons (Fsp3) is 0.939. The molecule has 0 aliphatic carbocycles. The SMILES string of the molecule is CCCCCCCCCOC(=O)CCCCCCCN(CCCCCCCC(=O)OC(CCCCCCCC)CCCCCCCC)CCCCC(C)C(=O)O. The van der Waals surface area contributed by atoms with Crippen LogP contribution in [0.4, 0.5) is 0 Å². The molecular formula is C49H95NO6. The Kier molecular flexibility index (Phi) is 41.7. The third-order valence-electron chi connectivity index (χ3n) is 11.6. The second kappa shape index (κ2) is 43.0. The maximum Gasteiger partial charge on any atom is 0.306 e. The van der Waals surface area contributed by atoms with Crippen molar-refractivity contribution in [1.82, 2.24) is 4.90 Å². The highest BCUT2D eigenvalue weighted by molar-refractivity contribution is 5.70. The van der Waals surface area contributed by atoms with Gasteiger partial charge in [0.2, 0.25) is 0 Å². The lowest BCUT2D eigenvalue weighted by Gasteiger charge is -2.22. The van der Waals surface area contributed by atoms with Gasteiger partial charge in [0.05, 0.1) is 12.5 Å². The molecule has 1 unspecified atom stereocenters. The average molecular weight is 794 g/mol. The van der Waals surface area contributed by atoms with Crippen LogP contribution in [-0.4, -0.2) is 60.3 Å². The molecule has 0 amide bonds. The topological polar surface area (TPSA) is 93.1 Å². The highest BCUT2D eigenvalue weighted by Crippen LogP contribution is 2.19. The lowest BCUT2D eigenvalue weighted by Crippen LogP contribution is -2.27. The summed E-state index contributed by atoms with van der Waals surface area (Å²) in [6, 6.07) is 0. The Labute approximate surface area is 348 Å². The van der Waals surface area contributed by atoms with E-state index in [0.29, 0.717) is 19.4 Å². The molecule has 56 heavy (non-hydrogen) atoms. The normalized spacial score (nSPS) is 12.1. The van der Waals surface area contributed by atoms with Crippen LogP contribution in [-0.2, 0) is 23.9 Å². The van der Waals surface area contributed by atoms with E-state index in [9.17, 15) is 19.5 Å². The standard InChI is InChI=1S/C49H95NO6/c1-5-8-11-14-17-26-35-44-55-47(51)39-29-22-18-24-32-41-50(43-34-31-36-45(4)49(53)54)42-33-25-19-23-30-40-48(52)56-46(37-27-20-15-12-9-6-2)38-28-21-16-13-10-7-3/h45-46H,5-44H2,1-4H3,(H,53,54). The van der Waals surface area contributed by atoms with Gasteiger partial charge in [-0.15, -0.1) is 0 Å². The zero-order chi connectivity index (χ0) is 41.2. The number of esters is 2. The second-order valence-corrected chi connectivity index (χ2v) is 17.2. The van der Waals surface area contributed by atoms with Crippen molar-refractivity contribution in [1.29, 1.82) is 0 Å². The fourth-order valence-corrected chi connectivity index (χ4v) is 7.64. The summed E-state index contributed by atoms with van der Waals surface area (Å²) in [7, 11) is 0. The first-order chi connectivity index (χ1) is 27.3. The van der Waals surface area contributed by atoms with Crippen LogP contribution in [0, 0.1) is 5.92 Å². The van der Waals surface area contributed by atoms with Gasteiger partial charge in [-0.1, -0.05) is 175 Å². The predicted octanol–water partition coefficient (Wildman–Crippen LogP) is 14.6. The minimum Gasteiger partial charge on any atom is -0.481 e. The second-order valence-electron chi connectivity index (χ2n) is 17.2. The summed E-state index contributed by atoms with van der Waals surface area (Å²) in [5.74, 6) is -0.998. The first-order valence-corrected chi connectivity index (χ1v) is 24.6. The Hall–Kier alpha value is -1.63. The van der Waals surface area contributed by atoms with E-state index in [-0.39, 0.29) is 24.0 Å². The largest absolute Gasteiger partial charge is 0.481 e. The molecule has 1 N–H and O–H groups in total. The van der Waals surface area contributed by atoms with Crippen LogP contribution in [0.3, 0.4) is 0 Å². The van der Waals surface area contributed by atoms with Gasteiger partial charge >= 0.3 is 17.9 Å². The van der Waals surface area contributed by atoms with Crippen molar-refractivity contribution in [3.8, 4) is 0 Å². The molecule has 0 rings (SSSR count). The maximum absolute atomic E-state index is 12.8. The summed E-state index contributed by atoms with van der Waals surface area (Å²) in [6.45, 7) is 12.3. The van der Waals surface area contributed by atoms with Gasteiger partial charge in [-0.25, -0.2) is 0 Å². The number of ether oxygens (including phenoxy) is 2. The molecule has 0 radical (unpaired) electrons.